The van der Waals surface area contributed by atoms with Crippen LogP contribution in [0.15, 0.2) is 23.1 Å². The van der Waals surface area contributed by atoms with Gasteiger partial charge in [-0.3, -0.25) is 9.59 Å². The highest BCUT2D eigenvalue weighted by Crippen LogP contribution is 1.97. The van der Waals surface area contributed by atoms with Gasteiger partial charge in [0.25, 0.3) is 11.5 Å². The molecule has 1 rings (SSSR count). The summed E-state index contributed by atoms with van der Waals surface area (Å²) in [7, 11) is 3.22. The Morgan fingerprint density at radius 2 is 2.33 bits per heavy atom. The summed E-state index contributed by atoms with van der Waals surface area (Å²) in [5.74, 6) is -0.292. The Labute approximate surface area is 106 Å². The van der Waals surface area contributed by atoms with Crippen LogP contribution in [0.4, 0.5) is 0 Å². The number of hydrogen-bond acceptors (Lipinski definition) is 4. The molecule has 0 spiro atoms. The molecule has 1 aromatic heterocycles. The number of aromatic nitrogens is 1. The van der Waals surface area contributed by atoms with Gasteiger partial charge in [0.05, 0.1) is 0 Å². The average Bonchev–Trinajstić information content (AvgIpc) is 2.37. The van der Waals surface area contributed by atoms with Crippen LogP contribution >= 0.6 is 0 Å². The number of carbonyl (C=O) groups is 1. The second-order valence-electron chi connectivity index (χ2n) is 4.05. The van der Waals surface area contributed by atoms with E-state index in [0.717, 1.165) is 0 Å². The first-order valence-corrected chi connectivity index (χ1v) is 5.75. The van der Waals surface area contributed by atoms with Crippen molar-refractivity contribution in [3.8, 4) is 0 Å². The van der Waals surface area contributed by atoms with Crippen LogP contribution in [-0.4, -0.2) is 36.8 Å². The van der Waals surface area contributed by atoms with Crippen molar-refractivity contribution in [2.24, 2.45) is 12.8 Å². The van der Waals surface area contributed by atoms with E-state index in [-0.39, 0.29) is 17.5 Å². The lowest BCUT2D eigenvalue weighted by molar-refractivity contribution is 0.0926. The molecule has 0 aliphatic heterocycles. The number of hydrogen-bond donors (Lipinski definition) is 2. The first-order valence-electron chi connectivity index (χ1n) is 5.75. The first kappa shape index (κ1) is 14.4. The van der Waals surface area contributed by atoms with Crippen molar-refractivity contribution in [3.63, 3.8) is 0 Å². The SMILES string of the molecule is COCCC(CN)NC(=O)c1ccn(C)c(=O)c1. The zero-order valence-corrected chi connectivity index (χ0v) is 10.7. The van der Waals surface area contributed by atoms with Crippen LogP contribution in [0.25, 0.3) is 0 Å². The molecule has 0 aliphatic rings. The molecular formula is C12H19N3O3. The summed E-state index contributed by atoms with van der Waals surface area (Å²) in [6, 6.07) is 2.75. The van der Waals surface area contributed by atoms with Gasteiger partial charge in [0.1, 0.15) is 0 Å². The monoisotopic (exact) mass is 253 g/mol. The Kier molecular flexibility index (Phi) is 5.54. The molecule has 6 heteroatoms. The number of pyridine rings is 1. The Morgan fingerprint density at radius 3 is 2.89 bits per heavy atom. The molecule has 18 heavy (non-hydrogen) atoms. The molecule has 3 N–H and O–H groups in total. The van der Waals surface area contributed by atoms with Gasteiger partial charge in [-0.2, -0.15) is 0 Å². The minimum Gasteiger partial charge on any atom is -0.385 e. The zero-order valence-electron chi connectivity index (χ0n) is 10.7. The van der Waals surface area contributed by atoms with E-state index in [1.165, 1.54) is 10.6 Å². The highest BCUT2D eigenvalue weighted by Gasteiger charge is 2.12. The van der Waals surface area contributed by atoms with Gasteiger partial charge in [0, 0.05) is 51.2 Å². The van der Waals surface area contributed by atoms with Crippen molar-refractivity contribution < 1.29 is 9.53 Å². The molecule has 1 amide bonds. The average molecular weight is 253 g/mol. The molecule has 1 aromatic rings. The Balaban J connectivity index is 2.68. The Morgan fingerprint density at radius 1 is 1.61 bits per heavy atom. The summed E-state index contributed by atoms with van der Waals surface area (Å²) in [6.07, 6.45) is 2.20. The molecule has 0 fully saturated rings. The van der Waals surface area contributed by atoms with E-state index in [0.29, 0.717) is 25.1 Å². The van der Waals surface area contributed by atoms with Crippen molar-refractivity contribution >= 4 is 5.91 Å². The molecule has 1 unspecified atom stereocenters. The van der Waals surface area contributed by atoms with E-state index in [1.807, 2.05) is 0 Å². The molecular weight excluding hydrogens is 234 g/mol. The molecule has 0 saturated heterocycles. The predicted octanol–water partition coefficient (Wildman–Crippen LogP) is -0.521. The fourth-order valence-electron chi connectivity index (χ4n) is 1.47. The van der Waals surface area contributed by atoms with E-state index in [4.69, 9.17) is 10.5 Å². The molecule has 0 bridgehead atoms. The number of amides is 1. The maximum atomic E-state index is 11.9. The van der Waals surface area contributed by atoms with E-state index in [9.17, 15) is 9.59 Å². The number of nitrogens with zero attached hydrogens (tertiary/aromatic N) is 1. The predicted molar refractivity (Wildman–Crippen MR) is 68.5 cm³/mol. The topological polar surface area (TPSA) is 86.3 Å². The van der Waals surface area contributed by atoms with E-state index in [1.54, 1.807) is 26.4 Å². The molecule has 0 radical (unpaired) electrons. The maximum Gasteiger partial charge on any atom is 0.251 e. The van der Waals surface area contributed by atoms with Gasteiger partial charge >= 0.3 is 0 Å². The van der Waals surface area contributed by atoms with Crippen LogP contribution in [0.1, 0.15) is 16.8 Å². The third-order valence-corrected chi connectivity index (χ3v) is 2.66. The van der Waals surface area contributed by atoms with Crippen molar-refractivity contribution in [1.29, 1.82) is 0 Å². The molecule has 6 nitrogen and oxygen atoms in total. The quantitative estimate of drug-likeness (QED) is 0.714. The highest BCUT2D eigenvalue weighted by molar-refractivity contribution is 5.94. The second kappa shape index (κ2) is 6.93. The number of nitrogens with one attached hydrogen (secondary N) is 1. The summed E-state index contributed by atoms with van der Waals surface area (Å²) in [5.41, 5.74) is 5.68. The fraction of sp³-hybridized carbons (Fsp3) is 0.500. The third-order valence-electron chi connectivity index (χ3n) is 2.66. The smallest absolute Gasteiger partial charge is 0.251 e. The van der Waals surface area contributed by atoms with Gasteiger partial charge in [0.15, 0.2) is 0 Å². The molecule has 1 heterocycles. The Bertz CT molecular complexity index is 456. The van der Waals surface area contributed by atoms with E-state index < -0.39 is 0 Å². The maximum absolute atomic E-state index is 11.9. The molecule has 0 aliphatic carbocycles. The van der Waals surface area contributed by atoms with Gasteiger partial charge in [-0.1, -0.05) is 0 Å². The lowest BCUT2D eigenvalue weighted by Crippen LogP contribution is -2.41. The number of ether oxygens (including phenoxy) is 1. The lowest BCUT2D eigenvalue weighted by atomic mass is 10.2. The fourth-order valence-corrected chi connectivity index (χ4v) is 1.47. The lowest BCUT2D eigenvalue weighted by Gasteiger charge is -2.16. The standard InChI is InChI=1S/C12H19N3O3/c1-15-5-3-9(7-11(15)16)12(17)14-10(8-13)4-6-18-2/h3,5,7,10H,4,6,8,13H2,1-2H3,(H,14,17). The number of carbonyl (C=O) groups excluding carboxylic acids is 1. The summed E-state index contributed by atoms with van der Waals surface area (Å²) in [5, 5.41) is 2.77. The summed E-state index contributed by atoms with van der Waals surface area (Å²) in [6.45, 7) is 0.860. The largest absolute Gasteiger partial charge is 0.385 e. The van der Waals surface area contributed by atoms with Crippen LogP contribution < -0.4 is 16.6 Å². The second-order valence-corrected chi connectivity index (χ2v) is 4.05. The van der Waals surface area contributed by atoms with Gasteiger partial charge in [-0.25, -0.2) is 0 Å². The van der Waals surface area contributed by atoms with Crippen molar-refractivity contribution in [2.75, 3.05) is 20.3 Å². The summed E-state index contributed by atoms with van der Waals surface area (Å²) in [4.78, 5) is 23.3. The molecule has 0 aromatic carbocycles. The summed E-state index contributed by atoms with van der Waals surface area (Å²) >= 11 is 0. The minimum absolute atomic E-state index is 0.151. The third kappa shape index (κ3) is 3.97. The van der Waals surface area contributed by atoms with Gasteiger partial charge in [-0.15, -0.1) is 0 Å². The summed E-state index contributed by atoms with van der Waals surface area (Å²) < 4.78 is 6.34. The number of methoxy groups -OCH3 is 1. The van der Waals surface area contributed by atoms with Crippen molar-refractivity contribution in [1.82, 2.24) is 9.88 Å². The Hall–Kier alpha value is -1.66. The van der Waals surface area contributed by atoms with E-state index in [2.05, 4.69) is 5.32 Å². The van der Waals surface area contributed by atoms with Gasteiger partial charge in [0.2, 0.25) is 0 Å². The molecule has 1 atom stereocenters. The molecule has 100 valence electrons. The van der Waals surface area contributed by atoms with Crippen LogP contribution in [0.3, 0.4) is 0 Å². The number of aryl methyl sites for hydroxylation is 1. The van der Waals surface area contributed by atoms with Gasteiger partial charge < -0.3 is 20.4 Å². The van der Waals surface area contributed by atoms with Crippen LogP contribution in [0, 0.1) is 0 Å². The number of rotatable bonds is 6. The van der Waals surface area contributed by atoms with Crippen LogP contribution in [0.5, 0.6) is 0 Å². The molecule has 0 saturated carbocycles. The minimum atomic E-state index is -0.292. The van der Waals surface area contributed by atoms with Gasteiger partial charge in [-0.05, 0) is 12.5 Å². The van der Waals surface area contributed by atoms with Crippen molar-refractivity contribution in [2.45, 2.75) is 12.5 Å². The van der Waals surface area contributed by atoms with Crippen LogP contribution in [0.2, 0.25) is 0 Å². The first-order chi connectivity index (χ1) is 8.58. The zero-order chi connectivity index (χ0) is 13.5. The number of nitrogens with two attached hydrogens (primary N) is 1. The van der Waals surface area contributed by atoms with Crippen LogP contribution in [-0.2, 0) is 11.8 Å². The highest BCUT2D eigenvalue weighted by atomic mass is 16.5. The normalized spacial score (nSPS) is 12.2. The van der Waals surface area contributed by atoms with Crippen molar-refractivity contribution in [3.05, 3.63) is 34.2 Å². The van der Waals surface area contributed by atoms with E-state index >= 15 is 0 Å².